The van der Waals surface area contributed by atoms with E-state index in [9.17, 15) is 9.59 Å². The van der Waals surface area contributed by atoms with Crippen molar-refractivity contribution in [2.75, 3.05) is 10.7 Å². The van der Waals surface area contributed by atoms with Crippen molar-refractivity contribution in [3.63, 3.8) is 0 Å². The Bertz CT molecular complexity index is 1000. The molecule has 0 aliphatic carbocycles. The van der Waals surface area contributed by atoms with Gasteiger partial charge < -0.3 is 10.2 Å². The van der Waals surface area contributed by atoms with Crippen LogP contribution in [0.3, 0.4) is 0 Å². The number of fused-ring (bicyclic) bond motifs is 1. The lowest BCUT2D eigenvalue weighted by Gasteiger charge is -2.28. The minimum Gasteiger partial charge on any atom is -0.344 e. The predicted molar refractivity (Wildman–Crippen MR) is 113 cm³/mol. The van der Waals surface area contributed by atoms with Gasteiger partial charge in [0.15, 0.2) is 0 Å². The number of thiazole rings is 1. The van der Waals surface area contributed by atoms with Crippen molar-refractivity contribution >= 4 is 40.6 Å². The molecule has 1 aliphatic rings. The molecule has 0 bridgehead atoms. The summed E-state index contributed by atoms with van der Waals surface area (Å²) in [7, 11) is 0. The van der Waals surface area contributed by atoms with Gasteiger partial charge in [-0.3, -0.25) is 9.59 Å². The molecule has 142 valence electrons. The van der Waals surface area contributed by atoms with E-state index in [4.69, 9.17) is 0 Å². The molecule has 0 saturated carbocycles. The Morgan fingerprint density at radius 3 is 2.75 bits per heavy atom. The van der Waals surface area contributed by atoms with Crippen LogP contribution in [0.15, 0.2) is 64.9 Å². The number of para-hydroxylation sites is 1. The third-order valence-electron chi connectivity index (χ3n) is 4.53. The first-order valence-electron chi connectivity index (χ1n) is 8.94. The standard InChI is InChI=1S/C21H19N3O2S2/c1-14(15-7-3-2-4-8-15)22-21(26)16-12-28-19(23-16)11-24-17-9-5-6-10-18(17)27-13-20(24)25/h2-10,12,14H,11,13H2,1H3,(H,22,26)/t14-/m1/s1. The summed E-state index contributed by atoms with van der Waals surface area (Å²) in [5.41, 5.74) is 2.33. The molecule has 1 N–H and O–H groups in total. The summed E-state index contributed by atoms with van der Waals surface area (Å²) in [4.78, 5) is 32.3. The van der Waals surface area contributed by atoms with E-state index in [1.165, 1.54) is 11.3 Å². The summed E-state index contributed by atoms with van der Waals surface area (Å²) in [6, 6.07) is 17.6. The lowest BCUT2D eigenvalue weighted by atomic mass is 10.1. The number of anilines is 1. The number of nitrogens with zero attached hydrogens (tertiary/aromatic N) is 2. The van der Waals surface area contributed by atoms with Gasteiger partial charge in [-0.05, 0) is 24.6 Å². The van der Waals surface area contributed by atoms with Gasteiger partial charge in [-0.2, -0.15) is 0 Å². The lowest BCUT2D eigenvalue weighted by Crippen LogP contribution is -2.34. The number of nitrogens with one attached hydrogen (secondary N) is 1. The largest absolute Gasteiger partial charge is 0.344 e. The molecule has 3 aromatic rings. The Kier molecular flexibility index (Phi) is 5.45. The molecule has 1 atom stereocenters. The summed E-state index contributed by atoms with van der Waals surface area (Å²) in [5, 5.41) is 5.47. The van der Waals surface area contributed by atoms with E-state index in [0.717, 1.165) is 21.2 Å². The van der Waals surface area contributed by atoms with Gasteiger partial charge in [0.05, 0.1) is 24.0 Å². The lowest BCUT2D eigenvalue weighted by molar-refractivity contribution is -0.116. The van der Waals surface area contributed by atoms with Gasteiger partial charge in [0.1, 0.15) is 10.7 Å². The van der Waals surface area contributed by atoms with E-state index in [1.807, 2.05) is 61.5 Å². The van der Waals surface area contributed by atoms with E-state index in [-0.39, 0.29) is 17.9 Å². The minimum absolute atomic E-state index is 0.0580. The first kappa shape index (κ1) is 18.7. The molecular weight excluding hydrogens is 390 g/mol. The maximum atomic E-state index is 12.5. The van der Waals surface area contributed by atoms with Gasteiger partial charge in [-0.15, -0.1) is 23.1 Å². The Labute approximate surface area is 171 Å². The highest BCUT2D eigenvalue weighted by Gasteiger charge is 2.25. The summed E-state index contributed by atoms with van der Waals surface area (Å²) < 4.78 is 0. The molecule has 28 heavy (non-hydrogen) atoms. The Morgan fingerprint density at radius 1 is 1.18 bits per heavy atom. The fourth-order valence-corrected chi connectivity index (χ4v) is 4.74. The van der Waals surface area contributed by atoms with Crippen LogP contribution in [0.1, 0.15) is 34.0 Å². The number of hydrogen-bond donors (Lipinski definition) is 1. The van der Waals surface area contributed by atoms with Crippen molar-refractivity contribution in [3.8, 4) is 0 Å². The molecule has 0 spiro atoms. The molecule has 5 nitrogen and oxygen atoms in total. The maximum Gasteiger partial charge on any atom is 0.271 e. The second-order valence-corrected chi connectivity index (χ2v) is 8.43. The molecule has 0 saturated heterocycles. The predicted octanol–water partition coefficient (Wildman–Crippen LogP) is 4.27. The van der Waals surface area contributed by atoms with Crippen molar-refractivity contribution in [2.45, 2.75) is 24.4 Å². The van der Waals surface area contributed by atoms with Gasteiger partial charge in [-0.1, -0.05) is 42.5 Å². The number of aromatic nitrogens is 1. The molecule has 7 heteroatoms. The average Bonchev–Trinajstić information content (AvgIpc) is 3.20. The zero-order chi connectivity index (χ0) is 19.5. The smallest absolute Gasteiger partial charge is 0.271 e. The molecule has 0 fully saturated rings. The van der Waals surface area contributed by atoms with E-state index < -0.39 is 0 Å². The van der Waals surface area contributed by atoms with Crippen LogP contribution in [0.5, 0.6) is 0 Å². The fraction of sp³-hybridized carbons (Fsp3) is 0.190. The number of amides is 2. The van der Waals surface area contributed by atoms with Crippen LogP contribution in [-0.4, -0.2) is 22.6 Å². The quantitative estimate of drug-likeness (QED) is 0.683. The van der Waals surface area contributed by atoms with Crippen LogP contribution >= 0.6 is 23.1 Å². The topological polar surface area (TPSA) is 62.3 Å². The van der Waals surface area contributed by atoms with Crippen molar-refractivity contribution in [1.29, 1.82) is 0 Å². The second-order valence-electron chi connectivity index (χ2n) is 6.47. The molecular formula is C21H19N3O2S2. The highest BCUT2D eigenvalue weighted by molar-refractivity contribution is 8.00. The van der Waals surface area contributed by atoms with Gasteiger partial charge in [0.2, 0.25) is 5.91 Å². The van der Waals surface area contributed by atoms with Gasteiger partial charge in [-0.25, -0.2) is 4.98 Å². The first-order valence-corrected chi connectivity index (χ1v) is 10.8. The van der Waals surface area contributed by atoms with Crippen molar-refractivity contribution < 1.29 is 9.59 Å². The Hall–Kier alpha value is -2.64. The van der Waals surface area contributed by atoms with Gasteiger partial charge in [0, 0.05) is 10.3 Å². The molecule has 2 amide bonds. The third kappa shape index (κ3) is 3.95. The number of carbonyl (C=O) groups is 2. The van der Waals surface area contributed by atoms with Crippen LogP contribution in [0.4, 0.5) is 5.69 Å². The zero-order valence-corrected chi connectivity index (χ0v) is 16.9. The highest BCUT2D eigenvalue weighted by Crippen LogP contribution is 2.36. The number of benzene rings is 2. The molecule has 2 aromatic carbocycles. The van der Waals surface area contributed by atoms with Crippen molar-refractivity contribution in [2.24, 2.45) is 0 Å². The number of carbonyl (C=O) groups excluding carboxylic acids is 2. The molecule has 4 rings (SSSR count). The minimum atomic E-state index is -0.209. The third-order valence-corrected chi connectivity index (χ3v) is 6.41. The van der Waals surface area contributed by atoms with Crippen LogP contribution in [-0.2, 0) is 11.3 Å². The molecule has 2 heterocycles. The summed E-state index contributed by atoms with van der Waals surface area (Å²) >= 11 is 2.95. The number of rotatable bonds is 5. The zero-order valence-electron chi connectivity index (χ0n) is 15.3. The average molecular weight is 410 g/mol. The van der Waals surface area contributed by atoms with Crippen LogP contribution in [0, 0.1) is 0 Å². The van der Waals surface area contributed by atoms with E-state index in [2.05, 4.69) is 10.3 Å². The second kappa shape index (κ2) is 8.16. The SMILES string of the molecule is C[C@@H](NC(=O)c1csc(CN2C(=O)CSc3ccccc32)n1)c1ccccc1. The fourth-order valence-electron chi connectivity index (χ4n) is 3.05. The summed E-state index contributed by atoms with van der Waals surface area (Å²) in [6.45, 7) is 2.32. The summed E-state index contributed by atoms with van der Waals surface area (Å²) in [6.07, 6.45) is 0. The maximum absolute atomic E-state index is 12.5. The normalized spacial score (nSPS) is 14.5. The molecule has 1 aromatic heterocycles. The highest BCUT2D eigenvalue weighted by atomic mass is 32.2. The molecule has 1 aliphatic heterocycles. The summed E-state index contributed by atoms with van der Waals surface area (Å²) in [5.74, 6) is 0.270. The van der Waals surface area contributed by atoms with Crippen LogP contribution in [0.25, 0.3) is 0 Å². The number of thioether (sulfide) groups is 1. The first-order chi connectivity index (χ1) is 13.6. The molecule has 0 unspecified atom stereocenters. The van der Waals surface area contributed by atoms with E-state index >= 15 is 0 Å². The monoisotopic (exact) mass is 409 g/mol. The van der Waals surface area contributed by atoms with Crippen LogP contribution < -0.4 is 10.2 Å². The molecule has 0 radical (unpaired) electrons. The Morgan fingerprint density at radius 2 is 1.93 bits per heavy atom. The van der Waals surface area contributed by atoms with Gasteiger partial charge in [0.25, 0.3) is 5.91 Å². The number of hydrogen-bond acceptors (Lipinski definition) is 5. The van der Waals surface area contributed by atoms with Crippen molar-refractivity contribution in [1.82, 2.24) is 10.3 Å². The van der Waals surface area contributed by atoms with Crippen molar-refractivity contribution in [3.05, 3.63) is 76.2 Å². The van der Waals surface area contributed by atoms with Crippen LogP contribution in [0.2, 0.25) is 0 Å². The van der Waals surface area contributed by atoms with E-state index in [1.54, 1.807) is 22.0 Å². The van der Waals surface area contributed by atoms with E-state index in [0.29, 0.717) is 18.0 Å². The Balaban J connectivity index is 1.46. The van der Waals surface area contributed by atoms with Gasteiger partial charge >= 0.3 is 0 Å².